The molecule has 0 fully saturated rings. The number of nitrogens with zero attached hydrogens (tertiary/aromatic N) is 2. The number of nitrogens with two attached hydrogens (primary N) is 1. The number of carbonyl (C=O) groups excluding carboxylic acids is 1. The molecular weight excluding hydrogens is 262 g/mol. The average Bonchev–Trinajstić information content (AvgIpc) is 2.35. The Morgan fingerprint density at radius 1 is 1.32 bits per heavy atom. The van der Waals surface area contributed by atoms with Gasteiger partial charge in [-0.15, -0.1) is 0 Å². The summed E-state index contributed by atoms with van der Waals surface area (Å²) in [7, 11) is 1.70. The van der Waals surface area contributed by atoms with Crippen molar-refractivity contribution in [1.82, 2.24) is 4.90 Å². The smallest absolute Gasteiger partial charge is 0.235 e. The van der Waals surface area contributed by atoms with Gasteiger partial charge in [0, 0.05) is 23.3 Å². The van der Waals surface area contributed by atoms with E-state index < -0.39 is 11.0 Å². The molecule has 5 heteroatoms. The lowest BCUT2D eigenvalue weighted by atomic mass is 9.68. The van der Waals surface area contributed by atoms with Crippen molar-refractivity contribution in [3.63, 3.8) is 0 Å². The predicted molar refractivity (Wildman–Crippen MR) is 78.3 cm³/mol. The highest BCUT2D eigenvalue weighted by Crippen LogP contribution is 2.48. The normalized spacial score (nSPS) is 25.7. The molecule has 1 atom stereocenters. The van der Waals surface area contributed by atoms with Gasteiger partial charge in [-0.25, -0.2) is 0 Å². The van der Waals surface area contributed by atoms with E-state index in [1.54, 1.807) is 31.6 Å². The minimum absolute atomic E-state index is 0.00323. The Bertz CT molecular complexity index is 568. The molecule has 0 saturated heterocycles. The molecule has 4 nitrogen and oxygen atoms in total. The summed E-state index contributed by atoms with van der Waals surface area (Å²) in [5.74, 6) is 0.00323. The van der Waals surface area contributed by atoms with E-state index >= 15 is 0 Å². The predicted octanol–water partition coefficient (Wildman–Crippen LogP) is 2.66. The van der Waals surface area contributed by atoms with Crippen LogP contribution < -0.4 is 5.73 Å². The van der Waals surface area contributed by atoms with Crippen LogP contribution in [0.1, 0.15) is 26.3 Å². The molecule has 0 saturated carbocycles. The Labute approximate surface area is 118 Å². The minimum atomic E-state index is -0.733. The molecule has 102 valence electrons. The molecule has 2 rings (SSSR count). The monoisotopic (exact) mass is 279 g/mol. The van der Waals surface area contributed by atoms with Gasteiger partial charge < -0.3 is 10.6 Å². The van der Waals surface area contributed by atoms with Gasteiger partial charge in [-0.05, 0) is 39.0 Å². The molecule has 1 aromatic carbocycles. The summed E-state index contributed by atoms with van der Waals surface area (Å²) >= 11 is 6.28. The molecule has 0 aliphatic carbocycles. The number of benzene rings is 1. The van der Waals surface area contributed by atoms with E-state index in [2.05, 4.69) is 4.99 Å². The second-order valence-electron chi connectivity index (χ2n) is 5.60. The third-order valence-corrected chi connectivity index (χ3v) is 4.41. The SMILES string of the molecule is CN1C=N[C@](C)(c2cc(N)ccc2Cl)C(C)(C)C1=O. The number of hydrogen-bond donors (Lipinski definition) is 1. The van der Waals surface area contributed by atoms with E-state index in [0.717, 1.165) is 5.56 Å². The first-order chi connectivity index (χ1) is 8.70. The van der Waals surface area contributed by atoms with Gasteiger partial charge in [-0.3, -0.25) is 9.79 Å². The molecule has 0 unspecified atom stereocenters. The minimum Gasteiger partial charge on any atom is -0.399 e. The van der Waals surface area contributed by atoms with Gasteiger partial charge in [0.05, 0.1) is 17.3 Å². The lowest BCUT2D eigenvalue weighted by molar-refractivity contribution is -0.140. The van der Waals surface area contributed by atoms with Crippen molar-refractivity contribution >= 4 is 29.5 Å². The lowest BCUT2D eigenvalue weighted by Gasteiger charge is -2.45. The zero-order chi connectivity index (χ0) is 14.4. The topological polar surface area (TPSA) is 58.7 Å². The molecule has 0 spiro atoms. The summed E-state index contributed by atoms with van der Waals surface area (Å²) in [6, 6.07) is 5.27. The molecule has 1 amide bonds. The summed E-state index contributed by atoms with van der Waals surface area (Å²) in [6.07, 6.45) is 1.55. The number of hydrogen-bond acceptors (Lipinski definition) is 3. The van der Waals surface area contributed by atoms with Gasteiger partial charge in [0.15, 0.2) is 0 Å². The van der Waals surface area contributed by atoms with Gasteiger partial charge in [0.2, 0.25) is 5.91 Å². The summed E-state index contributed by atoms with van der Waals surface area (Å²) in [6.45, 7) is 5.67. The van der Waals surface area contributed by atoms with Crippen molar-refractivity contribution < 1.29 is 4.79 Å². The summed E-state index contributed by atoms with van der Waals surface area (Å²) in [5.41, 5.74) is 5.79. The van der Waals surface area contributed by atoms with Gasteiger partial charge >= 0.3 is 0 Å². The molecule has 0 radical (unpaired) electrons. The van der Waals surface area contributed by atoms with Crippen molar-refractivity contribution in [3.05, 3.63) is 28.8 Å². The average molecular weight is 280 g/mol. The summed E-state index contributed by atoms with van der Waals surface area (Å²) < 4.78 is 0. The van der Waals surface area contributed by atoms with Crippen molar-refractivity contribution in [1.29, 1.82) is 0 Å². The van der Waals surface area contributed by atoms with Crippen molar-refractivity contribution in [3.8, 4) is 0 Å². The van der Waals surface area contributed by atoms with E-state index in [-0.39, 0.29) is 5.91 Å². The zero-order valence-electron chi connectivity index (χ0n) is 11.6. The van der Waals surface area contributed by atoms with Crippen LogP contribution in [0.4, 0.5) is 5.69 Å². The van der Waals surface area contributed by atoms with Crippen molar-refractivity contribution in [2.75, 3.05) is 12.8 Å². The Balaban J connectivity index is 2.68. The van der Waals surface area contributed by atoms with E-state index in [0.29, 0.717) is 10.7 Å². The zero-order valence-corrected chi connectivity index (χ0v) is 12.3. The van der Waals surface area contributed by atoms with Gasteiger partial charge in [0.1, 0.15) is 0 Å². The highest BCUT2D eigenvalue weighted by atomic mass is 35.5. The maximum atomic E-state index is 12.4. The molecule has 1 aliphatic heterocycles. The van der Waals surface area contributed by atoms with E-state index in [1.807, 2.05) is 20.8 Å². The van der Waals surface area contributed by atoms with Crippen LogP contribution in [-0.2, 0) is 10.3 Å². The Morgan fingerprint density at radius 3 is 2.58 bits per heavy atom. The number of halogens is 1. The molecule has 0 aromatic heterocycles. The van der Waals surface area contributed by atoms with Crippen LogP contribution in [-0.4, -0.2) is 24.2 Å². The fourth-order valence-corrected chi connectivity index (χ4v) is 2.69. The van der Waals surface area contributed by atoms with Crippen LogP contribution in [0.15, 0.2) is 23.2 Å². The van der Waals surface area contributed by atoms with Crippen LogP contribution in [0.5, 0.6) is 0 Å². The van der Waals surface area contributed by atoms with Crippen molar-refractivity contribution in [2.45, 2.75) is 26.3 Å². The third-order valence-electron chi connectivity index (χ3n) is 4.08. The van der Waals surface area contributed by atoms with Crippen molar-refractivity contribution in [2.24, 2.45) is 10.4 Å². The van der Waals surface area contributed by atoms with Crippen LogP contribution in [0.2, 0.25) is 5.02 Å². The Morgan fingerprint density at radius 2 is 1.95 bits per heavy atom. The molecule has 2 N–H and O–H groups in total. The number of rotatable bonds is 1. The maximum Gasteiger partial charge on any atom is 0.235 e. The molecule has 1 aromatic rings. The highest BCUT2D eigenvalue weighted by Gasteiger charge is 2.51. The summed E-state index contributed by atoms with van der Waals surface area (Å²) in [4.78, 5) is 18.5. The van der Waals surface area contributed by atoms with Gasteiger partial charge in [-0.1, -0.05) is 11.6 Å². The Kier molecular flexibility index (Phi) is 3.09. The first-order valence-corrected chi connectivity index (χ1v) is 6.46. The fraction of sp³-hybridized carbons (Fsp3) is 0.429. The summed E-state index contributed by atoms with van der Waals surface area (Å²) in [5, 5.41) is 0.569. The second-order valence-corrected chi connectivity index (χ2v) is 6.00. The fourth-order valence-electron chi connectivity index (χ4n) is 2.39. The van der Waals surface area contributed by atoms with Gasteiger partial charge in [-0.2, -0.15) is 0 Å². The molecule has 1 aliphatic rings. The molecule has 19 heavy (non-hydrogen) atoms. The van der Waals surface area contributed by atoms with E-state index in [9.17, 15) is 4.79 Å². The molecule has 0 bridgehead atoms. The van der Waals surface area contributed by atoms with Crippen LogP contribution in [0.3, 0.4) is 0 Å². The molecular formula is C14H18ClN3O. The lowest BCUT2D eigenvalue weighted by Crippen LogP contribution is -2.53. The maximum absolute atomic E-state index is 12.4. The first kappa shape index (κ1) is 13.9. The van der Waals surface area contributed by atoms with Crippen LogP contribution in [0, 0.1) is 5.41 Å². The quantitative estimate of drug-likeness (QED) is 0.804. The number of amides is 1. The van der Waals surface area contributed by atoms with Crippen LogP contribution >= 0.6 is 11.6 Å². The number of carbonyl (C=O) groups is 1. The number of anilines is 1. The largest absolute Gasteiger partial charge is 0.399 e. The number of aliphatic imine (C=N–C) groups is 1. The van der Waals surface area contributed by atoms with Crippen LogP contribution in [0.25, 0.3) is 0 Å². The molecule has 1 heterocycles. The number of nitrogen functional groups attached to an aromatic ring is 1. The standard InChI is InChI=1S/C14H18ClN3O/c1-13(2)12(19)18(4)8-17-14(13,3)10-7-9(16)5-6-11(10)15/h5-8H,16H2,1-4H3/t14-/m1/s1. The third kappa shape index (κ3) is 1.91. The van der Waals surface area contributed by atoms with E-state index in [1.165, 1.54) is 4.90 Å². The first-order valence-electron chi connectivity index (χ1n) is 6.08. The second kappa shape index (κ2) is 4.23. The van der Waals surface area contributed by atoms with Gasteiger partial charge in [0.25, 0.3) is 0 Å². The highest BCUT2D eigenvalue weighted by molar-refractivity contribution is 6.31. The van der Waals surface area contributed by atoms with E-state index in [4.69, 9.17) is 17.3 Å². The Hall–Kier alpha value is -1.55.